The summed E-state index contributed by atoms with van der Waals surface area (Å²) in [5.74, 6) is 0.998. The molecule has 0 N–H and O–H groups in total. The Labute approximate surface area is 136 Å². The molecule has 2 aliphatic rings. The minimum atomic E-state index is 0.766. The van der Waals surface area contributed by atoms with Crippen molar-refractivity contribution in [2.45, 2.75) is 58.4 Å². The Balaban J connectivity index is 1.49. The van der Waals surface area contributed by atoms with Crippen LogP contribution in [0.5, 0.6) is 0 Å². The van der Waals surface area contributed by atoms with Gasteiger partial charge < -0.3 is 4.90 Å². The van der Waals surface area contributed by atoms with Crippen LogP contribution in [0.1, 0.15) is 51.0 Å². The summed E-state index contributed by atoms with van der Waals surface area (Å²) in [6.07, 6.45) is 8.79. The third-order valence-corrected chi connectivity index (χ3v) is 5.79. The Kier molecular flexibility index (Phi) is 5.41. The number of benzene rings is 1. The molecule has 0 aromatic heterocycles. The molecule has 22 heavy (non-hydrogen) atoms. The van der Waals surface area contributed by atoms with Crippen LogP contribution >= 0.6 is 0 Å². The van der Waals surface area contributed by atoms with E-state index in [0.717, 1.165) is 12.0 Å². The summed E-state index contributed by atoms with van der Waals surface area (Å²) in [4.78, 5) is 5.29. The second-order valence-electron chi connectivity index (χ2n) is 7.40. The van der Waals surface area contributed by atoms with Crippen LogP contribution in [0.3, 0.4) is 0 Å². The average Bonchev–Trinajstić information content (AvgIpc) is 2.56. The summed E-state index contributed by atoms with van der Waals surface area (Å²) in [5, 5.41) is 0. The maximum absolute atomic E-state index is 2.73. The van der Waals surface area contributed by atoms with E-state index in [0.29, 0.717) is 0 Å². The van der Waals surface area contributed by atoms with E-state index in [9.17, 15) is 0 Å². The van der Waals surface area contributed by atoms with E-state index in [1.807, 2.05) is 0 Å². The van der Waals surface area contributed by atoms with Crippen LogP contribution in [0.15, 0.2) is 24.3 Å². The Hall–Kier alpha value is -1.02. The normalized spacial score (nSPS) is 22.7. The highest BCUT2D eigenvalue weighted by molar-refractivity contribution is 5.53. The molecule has 0 spiro atoms. The zero-order valence-electron chi connectivity index (χ0n) is 14.4. The Morgan fingerprint density at radius 1 is 1.00 bits per heavy atom. The molecular formula is C20H32N2. The van der Waals surface area contributed by atoms with Gasteiger partial charge in [-0.15, -0.1) is 0 Å². The second-order valence-corrected chi connectivity index (χ2v) is 7.40. The number of nitrogens with zero attached hydrogens (tertiary/aromatic N) is 2. The average molecular weight is 300 g/mol. The minimum Gasteiger partial charge on any atom is -0.369 e. The maximum Gasteiger partial charge on any atom is 0.0396 e. The lowest BCUT2D eigenvalue weighted by atomic mass is 9.85. The van der Waals surface area contributed by atoms with Gasteiger partial charge in [0, 0.05) is 37.9 Å². The zero-order valence-corrected chi connectivity index (χ0v) is 14.4. The summed E-state index contributed by atoms with van der Waals surface area (Å²) in [7, 11) is 0. The van der Waals surface area contributed by atoms with Crippen molar-refractivity contribution in [1.29, 1.82) is 0 Å². The van der Waals surface area contributed by atoms with E-state index in [-0.39, 0.29) is 0 Å². The van der Waals surface area contributed by atoms with Gasteiger partial charge in [-0.2, -0.15) is 0 Å². The van der Waals surface area contributed by atoms with Gasteiger partial charge in [-0.3, -0.25) is 4.90 Å². The fraction of sp³-hybridized carbons (Fsp3) is 0.700. The molecule has 1 aliphatic carbocycles. The monoisotopic (exact) mass is 300 g/mol. The first-order valence-corrected chi connectivity index (χ1v) is 9.28. The molecule has 122 valence electrons. The van der Waals surface area contributed by atoms with E-state index >= 15 is 0 Å². The van der Waals surface area contributed by atoms with Gasteiger partial charge >= 0.3 is 0 Å². The molecule has 2 heteroatoms. The van der Waals surface area contributed by atoms with Gasteiger partial charge in [0.15, 0.2) is 0 Å². The molecule has 1 saturated carbocycles. The van der Waals surface area contributed by atoms with Gasteiger partial charge in [0.25, 0.3) is 0 Å². The lowest BCUT2D eigenvalue weighted by Crippen LogP contribution is -2.50. The summed E-state index contributed by atoms with van der Waals surface area (Å²) in [6.45, 7) is 9.50. The Bertz CT molecular complexity index is 457. The van der Waals surface area contributed by atoms with E-state index in [4.69, 9.17) is 0 Å². The number of hydrogen-bond donors (Lipinski definition) is 0. The smallest absolute Gasteiger partial charge is 0.0396 e. The SMILES string of the molecule is Cc1ccccc1N1CCN(C(C)CC2CCCCC2)CC1. The largest absolute Gasteiger partial charge is 0.369 e. The minimum absolute atomic E-state index is 0.766. The lowest BCUT2D eigenvalue weighted by molar-refractivity contribution is 0.159. The standard InChI is InChI=1S/C20H32N2/c1-17-8-6-7-11-20(17)22-14-12-21(13-15-22)18(2)16-19-9-4-3-5-10-19/h6-8,11,18-19H,3-5,9-10,12-16H2,1-2H3. The highest BCUT2D eigenvalue weighted by Crippen LogP contribution is 2.29. The van der Waals surface area contributed by atoms with Gasteiger partial charge in [0.1, 0.15) is 0 Å². The van der Waals surface area contributed by atoms with Crippen molar-refractivity contribution in [3.63, 3.8) is 0 Å². The molecule has 0 radical (unpaired) electrons. The number of rotatable bonds is 4. The van der Waals surface area contributed by atoms with Gasteiger partial charge in [0.05, 0.1) is 0 Å². The van der Waals surface area contributed by atoms with Gasteiger partial charge in [-0.1, -0.05) is 50.3 Å². The molecule has 1 aliphatic heterocycles. The van der Waals surface area contributed by atoms with Gasteiger partial charge in [-0.25, -0.2) is 0 Å². The first-order valence-electron chi connectivity index (χ1n) is 9.28. The highest BCUT2D eigenvalue weighted by Gasteiger charge is 2.24. The van der Waals surface area contributed by atoms with Crippen LogP contribution in [0.4, 0.5) is 5.69 Å². The summed E-state index contributed by atoms with van der Waals surface area (Å²) >= 11 is 0. The summed E-state index contributed by atoms with van der Waals surface area (Å²) < 4.78 is 0. The predicted octanol–water partition coefficient (Wildman–Crippen LogP) is 4.48. The van der Waals surface area contributed by atoms with Gasteiger partial charge in [-0.05, 0) is 37.8 Å². The van der Waals surface area contributed by atoms with Crippen LogP contribution in [-0.4, -0.2) is 37.1 Å². The molecule has 1 unspecified atom stereocenters. The number of hydrogen-bond acceptors (Lipinski definition) is 2. The predicted molar refractivity (Wildman–Crippen MR) is 95.6 cm³/mol. The molecule has 1 saturated heterocycles. The first kappa shape index (κ1) is 15.9. The van der Waals surface area contributed by atoms with Crippen LogP contribution in [0.25, 0.3) is 0 Å². The van der Waals surface area contributed by atoms with Crippen molar-refractivity contribution in [3.05, 3.63) is 29.8 Å². The van der Waals surface area contributed by atoms with Crippen LogP contribution in [0.2, 0.25) is 0 Å². The molecule has 1 heterocycles. The molecule has 0 amide bonds. The van der Waals surface area contributed by atoms with Crippen molar-refractivity contribution in [3.8, 4) is 0 Å². The number of aryl methyl sites for hydroxylation is 1. The third kappa shape index (κ3) is 3.84. The van der Waals surface area contributed by atoms with E-state index in [1.54, 1.807) is 0 Å². The fourth-order valence-corrected chi connectivity index (χ4v) is 4.38. The molecule has 0 bridgehead atoms. The second kappa shape index (κ2) is 7.50. The van der Waals surface area contributed by atoms with Crippen LogP contribution in [-0.2, 0) is 0 Å². The molecule has 1 aromatic rings. The highest BCUT2D eigenvalue weighted by atomic mass is 15.3. The molecule has 3 rings (SSSR count). The summed E-state index contributed by atoms with van der Waals surface area (Å²) in [5.41, 5.74) is 2.84. The molecule has 1 aromatic carbocycles. The third-order valence-electron chi connectivity index (χ3n) is 5.79. The molecule has 1 atom stereocenters. The van der Waals surface area contributed by atoms with Crippen molar-refractivity contribution < 1.29 is 0 Å². The van der Waals surface area contributed by atoms with Gasteiger partial charge in [0.2, 0.25) is 0 Å². The van der Waals surface area contributed by atoms with Crippen molar-refractivity contribution in [2.24, 2.45) is 5.92 Å². The lowest BCUT2D eigenvalue weighted by Gasteiger charge is -2.40. The zero-order chi connectivity index (χ0) is 15.4. The quantitative estimate of drug-likeness (QED) is 0.809. The molecule has 2 nitrogen and oxygen atoms in total. The number of anilines is 1. The van der Waals surface area contributed by atoms with Crippen LogP contribution in [0, 0.1) is 12.8 Å². The maximum atomic E-state index is 2.73. The Morgan fingerprint density at radius 3 is 2.36 bits per heavy atom. The fourth-order valence-electron chi connectivity index (χ4n) is 4.38. The Morgan fingerprint density at radius 2 is 1.68 bits per heavy atom. The van der Waals surface area contributed by atoms with Crippen molar-refractivity contribution in [2.75, 3.05) is 31.1 Å². The first-order chi connectivity index (χ1) is 10.7. The van der Waals surface area contributed by atoms with Crippen molar-refractivity contribution >= 4 is 5.69 Å². The molecule has 2 fully saturated rings. The molecular weight excluding hydrogens is 268 g/mol. The summed E-state index contributed by atoms with van der Waals surface area (Å²) in [6, 6.07) is 9.58. The topological polar surface area (TPSA) is 6.48 Å². The number of piperazine rings is 1. The van der Waals surface area contributed by atoms with E-state index in [2.05, 4.69) is 47.9 Å². The van der Waals surface area contributed by atoms with E-state index in [1.165, 1.54) is 76.0 Å². The van der Waals surface area contributed by atoms with E-state index < -0.39 is 0 Å². The number of para-hydroxylation sites is 1. The van der Waals surface area contributed by atoms with Crippen LogP contribution < -0.4 is 4.90 Å². The van der Waals surface area contributed by atoms with Crippen molar-refractivity contribution in [1.82, 2.24) is 4.90 Å².